The number of hydrogen-bond acceptors (Lipinski definition) is 7. The van der Waals surface area contributed by atoms with Crippen molar-refractivity contribution >= 4 is 33.7 Å². The first kappa shape index (κ1) is 16.3. The fraction of sp³-hybridized carbons (Fsp3) is 0.294. The number of amides is 1. The lowest BCUT2D eigenvalue weighted by atomic mass is 10.1. The Labute approximate surface area is 153 Å². The highest BCUT2D eigenvalue weighted by atomic mass is 32.1. The summed E-state index contributed by atoms with van der Waals surface area (Å²) in [5.41, 5.74) is 3.24. The molecule has 3 aromatic heterocycles. The van der Waals surface area contributed by atoms with Gasteiger partial charge in [-0.1, -0.05) is 6.07 Å². The van der Waals surface area contributed by atoms with E-state index in [0.717, 1.165) is 31.6 Å². The molecule has 1 unspecified atom stereocenters. The quantitative estimate of drug-likeness (QED) is 0.742. The second-order valence-corrected chi connectivity index (χ2v) is 7.70. The number of aromatic nitrogens is 3. The summed E-state index contributed by atoms with van der Waals surface area (Å²) in [5, 5.41) is 5.21. The molecule has 6 nitrogen and oxygen atoms in total. The normalized spacial score (nSPS) is 17.7. The zero-order valence-electron chi connectivity index (χ0n) is 13.5. The second-order valence-electron chi connectivity index (χ2n) is 5.84. The Balaban J connectivity index is 1.51. The van der Waals surface area contributed by atoms with E-state index in [1.54, 1.807) is 23.6 Å². The first-order valence-corrected chi connectivity index (χ1v) is 9.85. The van der Waals surface area contributed by atoms with Crippen molar-refractivity contribution in [2.45, 2.75) is 25.4 Å². The van der Waals surface area contributed by atoms with Crippen LogP contribution in [0.1, 0.15) is 39.9 Å². The molecule has 0 aliphatic carbocycles. The zero-order valence-corrected chi connectivity index (χ0v) is 15.1. The molecule has 1 aliphatic rings. The number of pyridine rings is 1. The lowest BCUT2D eigenvalue weighted by Gasteiger charge is -2.23. The van der Waals surface area contributed by atoms with Gasteiger partial charge in [-0.05, 0) is 31.5 Å². The van der Waals surface area contributed by atoms with Crippen LogP contribution in [0, 0.1) is 0 Å². The third-order valence-corrected chi connectivity index (χ3v) is 5.66. The van der Waals surface area contributed by atoms with Gasteiger partial charge in [-0.2, -0.15) is 0 Å². The van der Waals surface area contributed by atoms with Gasteiger partial charge in [-0.15, -0.1) is 22.7 Å². The van der Waals surface area contributed by atoms with Gasteiger partial charge in [0.25, 0.3) is 5.91 Å². The number of nitrogens with one attached hydrogen (secondary N) is 1. The van der Waals surface area contributed by atoms with E-state index < -0.39 is 0 Å². The van der Waals surface area contributed by atoms with Crippen LogP contribution in [0.2, 0.25) is 0 Å². The van der Waals surface area contributed by atoms with E-state index in [9.17, 15) is 4.79 Å². The Hall–Kier alpha value is -2.16. The topological polar surface area (TPSA) is 71.0 Å². The molecule has 4 heterocycles. The van der Waals surface area contributed by atoms with Crippen LogP contribution in [0.25, 0.3) is 0 Å². The molecule has 128 valence electrons. The molecule has 1 atom stereocenters. The molecule has 0 radical (unpaired) electrons. The molecule has 1 amide bonds. The number of carbonyl (C=O) groups excluding carboxylic acids is 1. The van der Waals surface area contributed by atoms with Gasteiger partial charge in [-0.25, -0.2) is 9.97 Å². The van der Waals surface area contributed by atoms with Crippen molar-refractivity contribution in [1.82, 2.24) is 19.9 Å². The highest BCUT2D eigenvalue weighted by molar-refractivity contribution is 7.13. The summed E-state index contributed by atoms with van der Waals surface area (Å²) in [4.78, 5) is 28.9. The molecule has 1 aliphatic heterocycles. The first-order valence-electron chi connectivity index (χ1n) is 8.09. The predicted octanol–water partition coefficient (Wildman–Crippen LogP) is 3.58. The van der Waals surface area contributed by atoms with Crippen molar-refractivity contribution in [3.8, 4) is 0 Å². The van der Waals surface area contributed by atoms with E-state index in [-0.39, 0.29) is 11.9 Å². The highest BCUT2D eigenvalue weighted by Crippen LogP contribution is 2.32. The largest absolute Gasteiger partial charge is 0.296 e. The van der Waals surface area contributed by atoms with Gasteiger partial charge in [-0.3, -0.25) is 20.0 Å². The van der Waals surface area contributed by atoms with Crippen molar-refractivity contribution < 1.29 is 4.79 Å². The maximum absolute atomic E-state index is 12.4. The van der Waals surface area contributed by atoms with E-state index in [1.807, 2.05) is 29.2 Å². The first-order chi connectivity index (χ1) is 12.3. The molecule has 25 heavy (non-hydrogen) atoms. The van der Waals surface area contributed by atoms with Gasteiger partial charge >= 0.3 is 0 Å². The Bertz CT molecular complexity index is 835. The second kappa shape index (κ2) is 7.38. The molecule has 0 aromatic carbocycles. The molecule has 0 bridgehead atoms. The maximum atomic E-state index is 12.4. The molecule has 1 fully saturated rings. The summed E-state index contributed by atoms with van der Waals surface area (Å²) >= 11 is 3.07. The predicted molar refractivity (Wildman–Crippen MR) is 98.8 cm³/mol. The number of carbonyl (C=O) groups is 1. The Kier molecular flexibility index (Phi) is 4.82. The van der Waals surface area contributed by atoms with Crippen LogP contribution in [0.15, 0.2) is 41.5 Å². The van der Waals surface area contributed by atoms with Crippen LogP contribution in [0.4, 0.5) is 5.13 Å². The molecular formula is C17H17N5OS2. The van der Waals surface area contributed by atoms with Gasteiger partial charge in [0, 0.05) is 29.2 Å². The Morgan fingerprint density at radius 1 is 1.36 bits per heavy atom. The third kappa shape index (κ3) is 3.76. The molecule has 1 N–H and O–H groups in total. The van der Waals surface area contributed by atoms with Crippen LogP contribution < -0.4 is 5.32 Å². The number of nitrogens with zero attached hydrogens (tertiary/aromatic N) is 4. The summed E-state index contributed by atoms with van der Waals surface area (Å²) in [5.74, 6) is -0.219. The number of rotatable bonds is 5. The average Bonchev–Trinajstić information content (AvgIpc) is 3.38. The summed E-state index contributed by atoms with van der Waals surface area (Å²) in [6.45, 7) is 1.92. The molecular weight excluding hydrogens is 354 g/mol. The number of likely N-dealkylation sites (tertiary alicyclic amines) is 1. The fourth-order valence-electron chi connectivity index (χ4n) is 3.08. The Morgan fingerprint density at radius 2 is 2.32 bits per heavy atom. The zero-order chi connectivity index (χ0) is 17.1. The monoisotopic (exact) mass is 371 g/mol. The minimum atomic E-state index is -0.219. The molecule has 3 aromatic rings. The average molecular weight is 371 g/mol. The van der Waals surface area contributed by atoms with Crippen molar-refractivity contribution in [3.05, 3.63) is 57.7 Å². The molecule has 1 saturated heterocycles. The maximum Gasteiger partial charge on any atom is 0.276 e. The standard InChI is InChI=1S/C17H17N5OS2/c23-16(21-17-19-6-8-24-17)14-4-1-3-13(20-14)15-5-2-7-22(15)10-12-9-18-11-25-12/h1,3-4,6,8-9,11,15H,2,5,7,10H2,(H,19,21,23). The summed E-state index contributed by atoms with van der Waals surface area (Å²) < 4.78 is 0. The Morgan fingerprint density at radius 3 is 3.12 bits per heavy atom. The van der Waals surface area contributed by atoms with Crippen LogP contribution in [0.5, 0.6) is 0 Å². The smallest absolute Gasteiger partial charge is 0.276 e. The lowest BCUT2D eigenvalue weighted by molar-refractivity contribution is 0.102. The summed E-state index contributed by atoms with van der Waals surface area (Å²) in [6.07, 6.45) is 5.79. The molecule has 4 rings (SSSR count). The van der Waals surface area contributed by atoms with Crippen LogP contribution in [-0.4, -0.2) is 32.3 Å². The van der Waals surface area contributed by atoms with E-state index in [0.29, 0.717) is 10.8 Å². The van der Waals surface area contributed by atoms with Crippen LogP contribution in [-0.2, 0) is 6.54 Å². The van der Waals surface area contributed by atoms with Gasteiger partial charge in [0.1, 0.15) is 5.69 Å². The van der Waals surface area contributed by atoms with Crippen molar-refractivity contribution in [2.75, 3.05) is 11.9 Å². The van der Waals surface area contributed by atoms with Gasteiger partial charge in [0.05, 0.1) is 17.2 Å². The molecule has 0 spiro atoms. The summed E-state index contributed by atoms with van der Waals surface area (Å²) in [6, 6.07) is 5.90. The van der Waals surface area contributed by atoms with Crippen molar-refractivity contribution in [1.29, 1.82) is 0 Å². The van der Waals surface area contributed by atoms with Gasteiger partial charge < -0.3 is 0 Å². The van der Waals surface area contributed by atoms with E-state index in [2.05, 4.69) is 25.2 Å². The van der Waals surface area contributed by atoms with Crippen LogP contribution >= 0.6 is 22.7 Å². The highest BCUT2D eigenvalue weighted by Gasteiger charge is 2.28. The van der Waals surface area contributed by atoms with Crippen molar-refractivity contribution in [2.24, 2.45) is 0 Å². The summed E-state index contributed by atoms with van der Waals surface area (Å²) in [7, 11) is 0. The number of hydrogen-bond donors (Lipinski definition) is 1. The van der Waals surface area contributed by atoms with E-state index in [1.165, 1.54) is 16.2 Å². The minimum Gasteiger partial charge on any atom is -0.296 e. The number of thiazole rings is 2. The molecule has 8 heteroatoms. The van der Waals surface area contributed by atoms with Gasteiger partial charge in [0.2, 0.25) is 0 Å². The lowest BCUT2D eigenvalue weighted by Crippen LogP contribution is -2.24. The minimum absolute atomic E-state index is 0.219. The fourth-order valence-corrected chi connectivity index (χ4v) is 4.22. The van der Waals surface area contributed by atoms with E-state index in [4.69, 9.17) is 0 Å². The number of anilines is 1. The van der Waals surface area contributed by atoms with E-state index >= 15 is 0 Å². The third-order valence-electron chi connectivity index (χ3n) is 4.20. The molecule has 0 saturated carbocycles. The van der Waals surface area contributed by atoms with Crippen LogP contribution in [0.3, 0.4) is 0 Å². The van der Waals surface area contributed by atoms with Gasteiger partial charge in [0.15, 0.2) is 5.13 Å². The SMILES string of the molecule is O=C(Nc1nccs1)c1cccc(C2CCCN2Cc2cncs2)n1. The van der Waals surface area contributed by atoms with Crippen molar-refractivity contribution in [3.63, 3.8) is 0 Å².